The predicted molar refractivity (Wildman–Crippen MR) is 109 cm³/mol. The predicted octanol–water partition coefficient (Wildman–Crippen LogP) is 3.96. The molecule has 1 aliphatic heterocycles. The molecular weight excluding hydrogens is 364 g/mol. The van der Waals surface area contributed by atoms with Gasteiger partial charge in [-0.25, -0.2) is 4.98 Å². The Kier molecular flexibility index (Phi) is 5.06. The molecule has 0 radical (unpaired) electrons. The number of thiophene rings is 1. The average molecular weight is 389 g/mol. The second-order valence-corrected chi connectivity index (χ2v) is 8.33. The third-order valence-corrected chi connectivity index (χ3v) is 6.74. The Morgan fingerprint density at radius 1 is 1.23 bits per heavy atom. The zero-order valence-corrected chi connectivity index (χ0v) is 16.4. The maximum Gasteiger partial charge on any atom is 0.136 e. The van der Waals surface area contributed by atoms with Gasteiger partial charge in [0.05, 0.1) is 11.9 Å². The van der Waals surface area contributed by atoms with Crippen molar-refractivity contribution in [3.8, 4) is 0 Å². The summed E-state index contributed by atoms with van der Waals surface area (Å²) >= 11 is 1.80. The number of pyridine rings is 1. The van der Waals surface area contributed by atoms with Crippen LogP contribution in [0.25, 0.3) is 5.65 Å². The summed E-state index contributed by atoms with van der Waals surface area (Å²) in [6.07, 6.45) is 8.19. The van der Waals surface area contributed by atoms with Crippen molar-refractivity contribution >= 4 is 29.4 Å². The minimum Gasteiger partial charge on any atom is -0.317 e. The Balaban J connectivity index is 0.00000168. The summed E-state index contributed by atoms with van der Waals surface area (Å²) in [7, 11) is 0. The van der Waals surface area contributed by atoms with E-state index in [1.165, 1.54) is 43.6 Å². The molecule has 4 heterocycles. The molecule has 0 amide bonds. The first-order valence-electron chi connectivity index (χ1n) is 9.21. The number of hydrogen-bond acceptors (Lipinski definition) is 4. The zero-order chi connectivity index (χ0) is 16.7. The van der Waals surface area contributed by atoms with Crippen LogP contribution in [0.1, 0.15) is 30.5 Å². The molecule has 3 aromatic rings. The van der Waals surface area contributed by atoms with E-state index in [9.17, 15) is 0 Å². The number of aromatic nitrogens is 2. The van der Waals surface area contributed by atoms with Gasteiger partial charge in [0.25, 0.3) is 0 Å². The standard InChI is InChI=1S/C20H24N4S.ClH/c1-2-9-24-17(12-22-19(24)3-1)14-23(13-16-4-10-25-15-16)18-11-20(18)5-7-21-8-6-20;/h1-4,9-10,12,15,18,21H,5-8,11,13-14H2;1H. The highest BCUT2D eigenvalue weighted by Crippen LogP contribution is 2.56. The summed E-state index contributed by atoms with van der Waals surface area (Å²) in [5, 5.41) is 8.00. The van der Waals surface area contributed by atoms with Gasteiger partial charge in [-0.3, -0.25) is 4.90 Å². The van der Waals surface area contributed by atoms with E-state index in [0.717, 1.165) is 18.7 Å². The lowest BCUT2D eigenvalue weighted by atomic mass is 9.93. The van der Waals surface area contributed by atoms with E-state index >= 15 is 0 Å². The van der Waals surface area contributed by atoms with Crippen LogP contribution in [0.15, 0.2) is 47.4 Å². The molecule has 1 unspecified atom stereocenters. The number of rotatable bonds is 5. The number of hydrogen-bond donors (Lipinski definition) is 1. The largest absolute Gasteiger partial charge is 0.317 e. The van der Waals surface area contributed by atoms with E-state index in [-0.39, 0.29) is 12.4 Å². The van der Waals surface area contributed by atoms with Gasteiger partial charge in [-0.15, -0.1) is 12.4 Å². The smallest absolute Gasteiger partial charge is 0.136 e. The Hall–Kier alpha value is -1.40. The molecule has 0 aromatic carbocycles. The fourth-order valence-electron chi connectivity index (χ4n) is 4.51. The van der Waals surface area contributed by atoms with Gasteiger partial charge in [-0.2, -0.15) is 11.3 Å². The van der Waals surface area contributed by atoms with Crippen molar-refractivity contribution in [3.63, 3.8) is 0 Å². The Bertz CT molecular complexity index is 854. The summed E-state index contributed by atoms with van der Waals surface area (Å²) in [4.78, 5) is 7.28. The minimum atomic E-state index is 0. The number of imidazole rings is 1. The van der Waals surface area contributed by atoms with Crippen LogP contribution >= 0.6 is 23.7 Å². The lowest BCUT2D eigenvalue weighted by Gasteiger charge is -2.29. The van der Waals surface area contributed by atoms with Crippen molar-refractivity contribution < 1.29 is 0 Å². The summed E-state index contributed by atoms with van der Waals surface area (Å²) in [6.45, 7) is 4.38. The van der Waals surface area contributed by atoms with Crippen LogP contribution in [0.5, 0.6) is 0 Å². The summed E-state index contributed by atoms with van der Waals surface area (Å²) in [5.74, 6) is 0. The maximum absolute atomic E-state index is 4.58. The second kappa shape index (κ2) is 7.31. The van der Waals surface area contributed by atoms with Crippen LogP contribution in [-0.2, 0) is 13.1 Å². The van der Waals surface area contributed by atoms with E-state index in [2.05, 4.69) is 60.8 Å². The highest BCUT2D eigenvalue weighted by molar-refractivity contribution is 7.07. The van der Waals surface area contributed by atoms with Crippen LogP contribution in [0.2, 0.25) is 0 Å². The van der Waals surface area contributed by atoms with Gasteiger partial charge < -0.3 is 9.72 Å². The van der Waals surface area contributed by atoms with Crippen LogP contribution in [-0.4, -0.2) is 33.4 Å². The van der Waals surface area contributed by atoms with Crippen molar-refractivity contribution in [2.24, 2.45) is 5.41 Å². The van der Waals surface area contributed by atoms with E-state index in [1.807, 2.05) is 6.20 Å². The van der Waals surface area contributed by atoms with Crippen LogP contribution in [0, 0.1) is 5.41 Å². The fraction of sp³-hybridized carbons (Fsp3) is 0.450. The zero-order valence-electron chi connectivity index (χ0n) is 14.8. The third kappa shape index (κ3) is 3.29. The van der Waals surface area contributed by atoms with Crippen LogP contribution in [0.4, 0.5) is 0 Å². The summed E-state index contributed by atoms with van der Waals surface area (Å²) < 4.78 is 2.23. The molecule has 1 atom stereocenters. The van der Waals surface area contributed by atoms with E-state index in [1.54, 1.807) is 11.3 Å². The molecule has 2 aliphatic rings. The molecule has 1 aliphatic carbocycles. The van der Waals surface area contributed by atoms with Gasteiger partial charge in [0.2, 0.25) is 0 Å². The van der Waals surface area contributed by atoms with Gasteiger partial charge in [-0.1, -0.05) is 6.07 Å². The molecule has 6 heteroatoms. The molecule has 0 bridgehead atoms. The number of piperidine rings is 1. The lowest BCUT2D eigenvalue weighted by Crippen LogP contribution is -2.35. The molecule has 4 nitrogen and oxygen atoms in total. The SMILES string of the molecule is Cl.c1ccn2c(CN(Cc3ccsc3)C3CC34CCNCC4)cnc2c1. The number of nitrogens with zero attached hydrogens (tertiary/aromatic N) is 3. The van der Waals surface area contributed by atoms with E-state index in [0.29, 0.717) is 11.5 Å². The molecule has 2 fully saturated rings. The fourth-order valence-corrected chi connectivity index (χ4v) is 5.17. The van der Waals surface area contributed by atoms with Crippen molar-refractivity contribution in [2.45, 2.75) is 38.4 Å². The second-order valence-electron chi connectivity index (χ2n) is 7.55. The minimum absolute atomic E-state index is 0. The molecule has 3 aromatic heterocycles. The molecule has 138 valence electrons. The molecule has 1 saturated carbocycles. The Morgan fingerprint density at radius 2 is 2.12 bits per heavy atom. The van der Waals surface area contributed by atoms with Gasteiger partial charge in [0, 0.05) is 25.3 Å². The molecular formula is C20H25ClN4S. The first-order chi connectivity index (χ1) is 12.3. The quantitative estimate of drug-likeness (QED) is 0.718. The lowest BCUT2D eigenvalue weighted by molar-refractivity contribution is 0.186. The normalized spacial score (nSPS) is 21.2. The summed E-state index contributed by atoms with van der Waals surface area (Å²) in [6, 6.07) is 9.21. The molecule has 5 rings (SSSR count). The molecule has 1 saturated heterocycles. The van der Waals surface area contributed by atoms with Crippen LogP contribution < -0.4 is 5.32 Å². The topological polar surface area (TPSA) is 32.6 Å². The van der Waals surface area contributed by atoms with E-state index < -0.39 is 0 Å². The average Bonchev–Trinajstić information content (AvgIpc) is 3.03. The Morgan fingerprint density at radius 3 is 2.92 bits per heavy atom. The third-order valence-electron chi connectivity index (χ3n) is 6.01. The highest BCUT2D eigenvalue weighted by Gasteiger charge is 2.56. The molecule has 26 heavy (non-hydrogen) atoms. The van der Waals surface area contributed by atoms with E-state index in [4.69, 9.17) is 0 Å². The van der Waals surface area contributed by atoms with Gasteiger partial charge in [-0.05, 0) is 72.3 Å². The van der Waals surface area contributed by atoms with Crippen molar-refractivity contribution in [3.05, 3.63) is 58.7 Å². The van der Waals surface area contributed by atoms with Crippen LogP contribution in [0.3, 0.4) is 0 Å². The Labute approximate surface area is 164 Å². The van der Waals surface area contributed by atoms with Gasteiger partial charge in [0.15, 0.2) is 0 Å². The van der Waals surface area contributed by atoms with Crippen molar-refractivity contribution in [1.82, 2.24) is 19.6 Å². The number of halogens is 1. The number of fused-ring (bicyclic) bond motifs is 1. The molecule has 1 N–H and O–H groups in total. The first kappa shape index (κ1) is 18.0. The monoisotopic (exact) mass is 388 g/mol. The molecule has 1 spiro atoms. The van der Waals surface area contributed by atoms with Crippen molar-refractivity contribution in [1.29, 1.82) is 0 Å². The van der Waals surface area contributed by atoms with Gasteiger partial charge in [0.1, 0.15) is 5.65 Å². The highest BCUT2D eigenvalue weighted by atomic mass is 35.5. The first-order valence-corrected chi connectivity index (χ1v) is 10.2. The van der Waals surface area contributed by atoms with Gasteiger partial charge >= 0.3 is 0 Å². The maximum atomic E-state index is 4.58. The summed E-state index contributed by atoms with van der Waals surface area (Å²) in [5.41, 5.74) is 4.33. The number of nitrogens with one attached hydrogen (secondary N) is 1. The van der Waals surface area contributed by atoms with Crippen molar-refractivity contribution in [2.75, 3.05) is 13.1 Å².